The molecule has 0 bridgehead atoms. The van der Waals surface area contributed by atoms with E-state index in [4.69, 9.17) is 9.47 Å². The van der Waals surface area contributed by atoms with Gasteiger partial charge in [0.2, 0.25) is 5.91 Å². The van der Waals surface area contributed by atoms with Crippen LogP contribution in [0.4, 0.5) is 4.79 Å². The zero-order chi connectivity index (χ0) is 22.4. The highest BCUT2D eigenvalue weighted by Crippen LogP contribution is 2.21. The molecule has 1 aromatic carbocycles. The number of esters is 1. The third kappa shape index (κ3) is 8.10. The van der Waals surface area contributed by atoms with E-state index in [1.54, 1.807) is 17.8 Å². The van der Waals surface area contributed by atoms with Crippen LogP contribution in [0.15, 0.2) is 43.0 Å². The van der Waals surface area contributed by atoms with Gasteiger partial charge in [-0.3, -0.25) is 4.79 Å². The van der Waals surface area contributed by atoms with Gasteiger partial charge in [0.25, 0.3) is 0 Å². The Balaban J connectivity index is 2.98. The van der Waals surface area contributed by atoms with Crippen LogP contribution in [-0.4, -0.2) is 48.7 Å². The van der Waals surface area contributed by atoms with E-state index in [0.29, 0.717) is 25.0 Å². The summed E-state index contributed by atoms with van der Waals surface area (Å²) in [7, 11) is 1.28. The molecular formula is C22H32N2O5S. The normalized spacial score (nSPS) is 13.4. The van der Waals surface area contributed by atoms with Gasteiger partial charge in [-0.05, 0) is 36.8 Å². The van der Waals surface area contributed by atoms with Crippen molar-refractivity contribution in [2.24, 2.45) is 0 Å². The van der Waals surface area contributed by atoms with Crippen LogP contribution in [-0.2, 0) is 25.7 Å². The smallest absolute Gasteiger partial charge is 0.408 e. The lowest BCUT2D eigenvalue weighted by Crippen LogP contribution is -2.61. The van der Waals surface area contributed by atoms with Gasteiger partial charge >= 0.3 is 12.1 Å². The lowest BCUT2D eigenvalue weighted by Gasteiger charge is -2.33. The van der Waals surface area contributed by atoms with Crippen molar-refractivity contribution in [2.45, 2.75) is 50.8 Å². The van der Waals surface area contributed by atoms with Crippen LogP contribution in [0, 0.1) is 0 Å². The van der Waals surface area contributed by atoms with E-state index in [9.17, 15) is 14.4 Å². The first-order valence-electron chi connectivity index (χ1n) is 9.90. The number of nitrogens with one attached hydrogen (secondary N) is 2. The van der Waals surface area contributed by atoms with Crippen LogP contribution in [0.25, 0.3) is 0 Å². The number of carbonyl (C=O) groups excluding carboxylic acids is 3. The quantitative estimate of drug-likeness (QED) is 0.363. The maximum absolute atomic E-state index is 13.2. The van der Waals surface area contributed by atoms with Crippen LogP contribution < -0.4 is 10.6 Å². The molecule has 0 radical (unpaired) electrons. The highest BCUT2D eigenvalue weighted by Gasteiger charge is 2.40. The summed E-state index contributed by atoms with van der Waals surface area (Å²) in [6, 6.07) is 8.48. The predicted molar refractivity (Wildman–Crippen MR) is 119 cm³/mol. The van der Waals surface area contributed by atoms with E-state index in [2.05, 4.69) is 17.2 Å². The topological polar surface area (TPSA) is 93.7 Å². The molecule has 1 rings (SSSR count). The highest BCUT2D eigenvalue weighted by atomic mass is 32.2. The van der Waals surface area contributed by atoms with Gasteiger partial charge in [0.1, 0.15) is 18.2 Å². The van der Waals surface area contributed by atoms with E-state index >= 15 is 0 Å². The fraction of sp³-hybridized carbons (Fsp3) is 0.500. The van der Waals surface area contributed by atoms with Crippen molar-refractivity contribution in [2.75, 3.05) is 19.1 Å². The Morgan fingerprint density at radius 2 is 1.97 bits per heavy atom. The molecule has 0 spiro atoms. The van der Waals surface area contributed by atoms with Crippen LogP contribution >= 0.6 is 11.8 Å². The first kappa shape index (κ1) is 25.6. The zero-order valence-corrected chi connectivity index (χ0v) is 18.8. The fourth-order valence-electron chi connectivity index (χ4n) is 2.93. The van der Waals surface area contributed by atoms with Crippen molar-refractivity contribution in [3.63, 3.8) is 0 Å². The molecule has 0 heterocycles. The molecule has 0 aliphatic heterocycles. The van der Waals surface area contributed by atoms with Gasteiger partial charge in [0.05, 0.1) is 7.11 Å². The molecule has 30 heavy (non-hydrogen) atoms. The standard InChI is InChI=1S/C22H32N2O5S/c1-5-10-18(19(25)28-3)23-20(26)22(13-6-2,14-15-30-4)24-21(27)29-16-17-11-8-7-9-12-17/h6-9,11-12,18H,2,5,10,13-16H2,1,3-4H3,(H,23,26)(H,24,27)/t18-,22+/m0/s1. The predicted octanol–water partition coefficient (Wildman–Crippen LogP) is 3.44. The molecule has 7 nitrogen and oxygen atoms in total. The van der Waals surface area contributed by atoms with Gasteiger partial charge in [-0.15, -0.1) is 6.58 Å². The van der Waals surface area contributed by atoms with Crippen LogP contribution in [0.5, 0.6) is 0 Å². The largest absolute Gasteiger partial charge is 0.467 e. The molecule has 0 aliphatic rings. The average Bonchev–Trinajstić information content (AvgIpc) is 2.76. The number of thioether (sulfide) groups is 1. The van der Waals surface area contributed by atoms with E-state index in [1.807, 2.05) is 43.5 Å². The molecule has 0 aromatic heterocycles. The maximum Gasteiger partial charge on any atom is 0.408 e. The second-order valence-electron chi connectivity index (χ2n) is 6.84. The van der Waals surface area contributed by atoms with Gasteiger partial charge in [0.15, 0.2) is 0 Å². The number of hydrogen-bond acceptors (Lipinski definition) is 6. The summed E-state index contributed by atoms with van der Waals surface area (Å²) < 4.78 is 10.1. The van der Waals surface area contributed by atoms with Crippen LogP contribution in [0.3, 0.4) is 0 Å². The SMILES string of the molecule is C=CC[C@](CCSC)(NC(=O)OCc1ccccc1)C(=O)N[C@@H](CCC)C(=O)OC. The van der Waals surface area contributed by atoms with Gasteiger partial charge in [-0.1, -0.05) is 49.8 Å². The van der Waals surface area contributed by atoms with Gasteiger partial charge < -0.3 is 20.1 Å². The van der Waals surface area contributed by atoms with E-state index < -0.39 is 29.6 Å². The van der Waals surface area contributed by atoms with Crippen molar-refractivity contribution in [3.8, 4) is 0 Å². The van der Waals surface area contributed by atoms with Crippen molar-refractivity contribution in [1.82, 2.24) is 10.6 Å². The van der Waals surface area contributed by atoms with E-state index in [-0.39, 0.29) is 13.0 Å². The van der Waals surface area contributed by atoms with E-state index in [1.165, 1.54) is 7.11 Å². The number of ether oxygens (including phenoxy) is 2. The van der Waals surface area contributed by atoms with Crippen LogP contribution in [0.2, 0.25) is 0 Å². The number of benzene rings is 1. The molecule has 2 amide bonds. The average molecular weight is 437 g/mol. The minimum Gasteiger partial charge on any atom is -0.467 e. The first-order valence-corrected chi connectivity index (χ1v) is 11.3. The molecule has 8 heteroatoms. The Bertz CT molecular complexity index is 698. The second kappa shape index (κ2) is 13.7. The molecule has 0 saturated carbocycles. The highest BCUT2D eigenvalue weighted by molar-refractivity contribution is 7.98. The second-order valence-corrected chi connectivity index (χ2v) is 7.83. The summed E-state index contributed by atoms with van der Waals surface area (Å²) in [5.41, 5.74) is -0.442. The Labute approximate surface area is 183 Å². The summed E-state index contributed by atoms with van der Waals surface area (Å²) in [6.45, 7) is 5.73. The Kier molecular flexibility index (Phi) is 11.7. The molecular weight excluding hydrogens is 404 g/mol. The molecule has 0 aliphatic carbocycles. The molecule has 2 N–H and O–H groups in total. The van der Waals surface area contributed by atoms with Crippen molar-refractivity contribution in [3.05, 3.63) is 48.6 Å². The van der Waals surface area contributed by atoms with Gasteiger partial charge in [-0.25, -0.2) is 9.59 Å². The summed E-state index contributed by atoms with van der Waals surface area (Å²) in [6.07, 6.45) is 4.45. The molecule has 0 fully saturated rings. The minimum absolute atomic E-state index is 0.0849. The molecule has 2 atom stereocenters. The lowest BCUT2D eigenvalue weighted by atomic mass is 9.90. The van der Waals surface area contributed by atoms with Crippen molar-refractivity contribution >= 4 is 29.7 Å². The first-order chi connectivity index (χ1) is 14.4. The third-order valence-corrected chi connectivity index (χ3v) is 5.20. The molecule has 1 aromatic rings. The maximum atomic E-state index is 13.2. The monoisotopic (exact) mass is 436 g/mol. The number of alkyl carbamates (subject to hydrolysis) is 1. The number of carbonyl (C=O) groups is 3. The number of methoxy groups -OCH3 is 1. The zero-order valence-electron chi connectivity index (χ0n) is 17.9. The Morgan fingerprint density at radius 3 is 2.53 bits per heavy atom. The van der Waals surface area contributed by atoms with Crippen LogP contribution in [0.1, 0.15) is 38.2 Å². The Hall–Kier alpha value is -2.48. The summed E-state index contributed by atoms with van der Waals surface area (Å²) in [4.78, 5) is 37.8. The Morgan fingerprint density at radius 1 is 1.27 bits per heavy atom. The summed E-state index contributed by atoms with van der Waals surface area (Å²) >= 11 is 1.55. The van der Waals surface area contributed by atoms with Crippen molar-refractivity contribution in [1.29, 1.82) is 0 Å². The minimum atomic E-state index is -1.28. The number of hydrogen-bond donors (Lipinski definition) is 2. The number of amides is 2. The van der Waals surface area contributed by atoms with Gasteiger partial charge in [-0.2, -0.15) is 11.8 Å². The third-order valence-electron chi connectivity index (χ3n) is 4.58. The van der Waals surface area contributed by atoms with Crippen molar-refractivity contribution < 1.29 is 23.9 Å². The summed E-state index contributed by atoms with van der Waals surface area (Å²) in [5, 5.41) is 5.47. The molecule has 166 valence electrons. The summed E-state index contributed by atoms with van der Waals surface area (Å²) in [5.74, 6) is -0.358. The van der Waals surface area contributed by atoms with Gasteiger partial charge in [0, 0.05) is 0 Å². The lowest BCUT2D eigenvalue weighted by molar-refractivity contribution is -0.146. The molecule has 0 saturated heterocycles. The molecule has 0 unspecified atom stereocenters. The van der Waals surface area contributed by atoms with E-state index in [0.717, 1.165) is 5.56 Å². The fourth-order valence-corrected chi connectivity index (χ4v) is 3.48. The number of rotatable bonds is 13.